The predicted molar refractivity (Wildman–Crippen MR) is 105 cm³/mol. The zero-order chi connectivity index (χ0) is 18.0. The van der Waals surface area contributed by atoms with Gasteiger partial charge in [0.1, 0.15) is 5.78 Å². The minimum atomic E-state index is 0.222. The number of Topliss-reactive ketones (excluding diaryl/α,β-unsaturated/α-hetero) is 1. The second-order valence-electron chi connectivity index (χ2n) is 7.92. The molecule has 1 atom stereocenters. The number of benzene rings is 2. The first-order chi connectivity index (χ1) is 12.0. The largest absolute Gasteiger partial charge is 0.299 e. The highest BCUT2D eigenvalue weighted by Gasteiger charge is 2.28. The monoisotopic (exact) mass is 334 g/mol. The van der Waals surface area contributed by atoms with E-state index in [4.69, 9.17) is 0 Å². The molecule has 0 saturated heterocycles. The Balaban J connectivity index is 2.02. The van der Waals surface area contributed by atoms with Crippen LogP contribution in [0.1, 0.15) is 71.4 Å². The topological polar surface area (TPSA) is 17.1 Å². The fourth-order valence-corrected chi connectivity index (χ4v) is 4.44. The van der Waals surface area contributed by atoms with Gasteiger partial charge >= 0.3 is 0 Å². The van der Waals surface area contributed by atoms with Gasteiger partial charge in [-0.05, 0) is 69.2 Å². The molecule has 132 valence electrons. The Labute approximate surface area is 152 Å². The Hall–Kier alpha value is -1.89. The van der Waals surface area contributed by atoms with Crippen molar-refractivity contribution in [2.75, 3.05) is 0 Å². The van der Waals surface area contributed by atoms with Crippen molar-refractivity contribution in [1.82, 2.24) is 0 Å². The van der Waals surface area contributed by atoms with Crippen molar-refractivity contribution < 1.29 is 4.79 Å². The second-order valence-corrected chi connectivity index (χ2v) is 7.92. The fraction of sp³-hybridized carbons (Fsp3) is 0.458. The normalized spacial score (nSPS) is 18.0. The molecule has 2 aromatic carbocycles. The van der Waals surface area contributed by atoms with Crippen molar-refractivity contribution in [1.29, 1.82) is 0 Å². The van der Waals surface area contributed by atoms with Crippen LogP contribution in [0.25, 0.3) is 0 Å². The summed E-state index contributed by atoms with van der Waals surface area (Å²) in [4.78, 5) is 12.5. The molecular formula is C24H30O. The molecule has 0 aliphatic heterocycles. The van der Waals surface area contributed by atoms with Crippen molar-refractivity contribution >= 4 is 5.78 Å². The van der Waals surface area contributed by atoms with Crippen molar-refractivity contribution in [3.63, 3.8) is 0 Å². The van der Waals surface area contributed by atoms with E-state index in [0.29, 0.717) is 11.7 Å². The molecule has 1 nitrogen and oxygen atoms in total. The molecule has 1 heteroatoms. The number of aryl methyl sites for hydroxylation is 4. The van der Waals surface area contributed by atoms with Crippen LogP contribution in [-0.4, -0.2) is 5.78 Å². The quantitative estimate of drug-likeness (QED) is 0.650. The minimum absolute atomic E-state index is 0.222. The van der Waals surface area contributed by atoms with Crippen molar-refractivity contribution in [2.45, 2.75) is 65.7 Å². The molecule has 0 amide bonds. The number of ketones is 1. The molecule has 0 aromatic heterocycles. The highest BCUT2D eigenvalue weighted by atomic mass is 16.1. The van der Waals surface area contributed by atoms with Gasteiger partial charge in [-0.3, -0.25) is 4.79 Å². The van der Waals surface area contributed by atoms with Gasteiger partial charge in [-0.15, -0.1) is 0 Å². The van der Waals surface area contributed by atoms with E-state index in [1.807, 2.05) is 0 Å². The Kier molecular flexibility index (Phi) is 5.42. The second kappa shape index (κ2) is 7.56. The number of hydrogen-bond donors (Lipinski definition) is 0. The van der Waals surface area contributed by atoms with Gasteiger partial charge in [0.05, 0.1) is 0 Å². The lowest BCUT2D eigenvalue weighted by molar-refractivity contribution is -0.124. The fourth-order valence-electron chi connectivity index (χ4n) is 4.44. The first kappa shape index (κ1) is 17.9. The molecular weight excluding hydrogens is 304 g/mol. The number of rotatable bonds is 4. The molecule has 0 N–H and O–H groups in total. The average molecular weight is 335 g/mol. The van der Waals surface area contributed by atoms with E-state index < -0.39 is 0 Å². The molecule has 1 aliphatic rings. The van der Waals surface area contributed by atoms with E-state index in [1.165, 1.54) is 39.8 Å². The van der Waals surface area contributed by atoms with Crippen LogP contribution in [0.3, 0.4) is 0 Å². The van der Waals surface area contributed by atoms with Crippen LogP contribution < -0.4 is 0 Å². The third kappa shape index (κ3) is 4.03. The molecule has 0 heterocycles. The van der Waals surface area contributed by atoms with E-state index in [0.717, 1.165) is 25.7 Å². The Morgan fingerprint density at radius 1 is 0.880 bits per heavy atom. The predicted octanol–water partition coefficient (Wildman–Crippen LogP) is 6.20. The van der Waals surface area contributed by atoms with Crippen LogP contribution in [-0.2, 0) is 4.79 Å². The lowest BCUT2D eigenvalue weighted by atomic mass is 9.75. The molecule has 1 saturated carbocycles. The van der Waals surface area contributed by atoms with E-state index in [1.54, 1.807) is 0 Å². The third-order valence-corrected chi connectivity index (χ3v) is 5.80. The van der Waals surface area contributed by atoms with Crippen LogP contribution in [0.2, 0.25) is 0 Å². The van der Waals surface area contributed by atoms with Gasteiger partial charge in [-0.1, -0.05) is 53.9 Å². The van der Waals surface area contributed by atoms with Gasteiger partial charge in [0.25, 0.3) is 0 Å². The van der Waals surface area contributed by atoms with Crippen LogP contribution in [0.15, 0.2) is 36.4 Å². The lowest BCUT2D eigenvalue weighted by Gasteiger charge is -2.28. The summed E-state index contributed by atoms with van der Waals surface area (Å²) in [7, 11) is 0. The molecule has 1 unspecified atom stereocenters. The highest BCUT2D eigenvalue weighted by Crippen LogP contribution is 2.38. The molecule has 25 heavy (non-hydrogen) atoms. The molecule has 1 aliphatic carbocycles. The first-order valence-electron chi connectivity index (χ1n) is 9.62. The van der Waals surface area contributed by atoms with Crippen LogP contribution >= 0.6 is 0 Å². The number of carbonyl (C=O) groups is 1. The van der Waals surface area contributed by atoms with Crippen molar-refractivity contribution in [3.8, 4) is 0 Å². The van der Waals surface area contributed by atoms with Gasteiger partial charge in [0.2, 0.25) is 0 Å². The summed E-state index contributed by atoms with van der Waals surface area (Å²) in [6.07, 6.45) is 5.06. The average Bonchev–Trinajstić information content (AvgIpc) is 2.55. The minimum Gasteiger partial charge on any atom is -0.299 e. The van der Waals surface area contributed by atoms with Gasteiger partial charge in [-0.2, -0.15) is 0 Å². The van der Waals surface area contributed by atoms with E-state index >= 15 is 0 Å². The first-order valence-corrected chi connectivity index (χ1v) is 9.62. The summed E-state index contributed by atoms with van der Waals surface area (Å²) in [5.41, 5.74) is 8.05. The third-order valence-electron chi connectivity index (χ3n) is 5.80. The summed E-state index contributed by atoms with van der Waals surface area (Å²) in [6, 6.07) is 13.5. The zero-order valence-corrected chi connectivity index (χ0v) is 16.1. The standard InChI is InChI=1S/C24H30O/c1-16-9-11-21(18(3)13-16)23(15-20-7-5-6-8-24(20)25)22-12-10-17(2)14-19(22)4/h9-14,20,23H,5-8,15H2,1-4H3. The molecule has 0 bridgehead atoms. The van der Waals surface area contributed by atoms with Gasteiger partial charge in [0.15, 0.2) is 0 Å². The summed E-state index contributed by atoms with van der Waals surface area (Å²) >= 11 is 0. The Morgan fingerprint density at radius 2 is 1.44 bits per heavy atom. The molecule has 2 aromatic rings. The zero-order valence-electron chi connectivity index (χ0n) is 16.1. The Bertz CT molecular complexity index is 720. The number of hydrogen-bond acceptors (Lipinski definition) is 1. The van der Waals surface area contributed by atoms with Gasteiger partial charge in [-0.25, -0.2) is 0 Å². The highest BCUT2D eigenvalue weighted by molar-refractivity contribution is 5.81. The summed E-state index contributed by atoms with van der Waals surface area (Å²) in [5, 5.41) is 0. The Morgan fingerprint density at radius 3 is 1.92 bits per heavy atom. The maximum Gasteiger partial charge on any atom is 0.136 e. The van der Waals surface area contributed by atoms with E-state index in [-0.39, 0.29) is 5.92 Å². The van der Waals surface area contributed by atoms with Gasteiger partial charge in [0, 0.05) is 18.3 Å². The maximum atomic E-state index is 12.5. The van der Waals surface area contributed by atoms with Crippen LogP contribution in [0, 0.1) is 33.6 Å². The summed E-state index contributed by atoms with van der Waals surface area (Å²) < 4.78 is 0. The van der Waals surface area contributed by atoms with Crippen LogP contribution in [0.4, 0.5) is 0 Å². The summed E-state index contributed by atoms with van der Waals surface area (Å²) in [6.45, 7) is 8.71. The SMILES string of the molecule is Cc1ccc(C(CC2CCCCC2=O)c2ccc(C)cc2C)c(C)c1. The molecule has 0 spiro atoms. The molecule has 3 rings (SSSR count). The van der Waals surface area contributed by atoms with E-state index in [9.17, 15) is 4.79 Å². The maximum absolute atomic E-state index is 12.5. The molecule has 0 radical (unpaired) electrons. The molecule has 1 fully saturated rings. The van der Waals surface area contributed by atoms with Crippen molar-refractivity contribution in [2.24, 2.45) is 5.92 Å². The smallest absolute Gasteiger partial charge is 0.136 e. The lowest BCUT2D eigenvalue weighted by Crippen LogP contribution is -2.22. The summed E-state index contributed by atoms with van der Waals surface area (Å²) in [5.74, 6) is 1.01. The number of carbonyl (C=O) groups excluding carboxylic acids is 1. The van der Waals surface area contributed by atoms with Gasteiger partial charge < -0.3 is 0 Å². The van der Waals surface area contributed by atoms with Crippen LogP contribution in [0.5, 0.6) is 0 Å². The van der Waals surface area contributed by atoms with Crippen molar-refractivity contribution in [3.05, 3.63) is 69.8 Å². The van der Waals surface area contributed by atoms with E-state index in [2.05, 4.69) is 64.1 Å².